The van der Waals surface area contributed by atoms with Crippen LogP contribution in [0.2, 0.25) is 0 Å². The van der Waals surface area contributed by atoms with Crippen molar-refractivity contribution in [1.82, 2.24) is 20.2 Å². The molecule has 132 valence electrons. The van der Waals surface area contributed by atoms with Crippen LogP contribution in [0.4, 0.5) is 4.39 Å². The molecule has 7 nitrogen and oxygen atoms in total. The Hall–Kier alpha value is -3.29. The van der Waals surface area contributed by atoms with Gasteiger partial charge in [-0.1, -0.05) is 18.2 Å². The Balaban J connectivity index is 1.74. The minimum absolute atomic E-state index is 0.0241. The number of hydrogen-bond donors (Lipinski definition) is 2. The van der Waals surface area contributed by atoms with Crippen LogP contribution in [-0.2, 0) is 0 Å². The molecular formula is C18H15FN4O3. The molecule has 8 heteroatoms. The van der Waals surface area contributed by atoms with Crippen LogP contribution in [0, 0.1) is 5.82 Å². The molecule has 2 heterocycles. The number of nitrogens with one attached hydrogen (secondary N) is 2. The lowest BCUT2D eigenvalue weighted by Gasteiger charge is -2.09. The highest BCUT2D eigenvalue weighted by Crippen LogP contribution is 2.57. The fraction of sp³-hybridized carbons (Fsp3) is 0.222. The van der Waals surface area contributed by atoms with Gasteiger partial charge in [-0.25, -0.2) is 9.18 Å². The molecule has 1 saturated carbocycles. The van der Waals surface area contributed by atoms with Gasteiger partial charge in [0.25, 0.3) is 5.56 Å². The number of ether oxygens (including phenoxy) is 1. The average molecular weight is 354 g/mol. The number of methoxy groups -OCH3 is 1. The normalized spacial score (nSPS) is 18.5. The second-order valence-electron chi connectivity index (χ2n) is 6.15. The Kier molecular flexibility index (Phi) is 3.87. The molecule has 1 aliphatic rings. The molecule has 1 fully saturated rings. The fourth-order valence-corrected chi connectivity index (χ4v) is 3.21. The van der Waals surface area contributed by atoms with Gasteiger partial charge < -0.3 is 9.72 Å². The summed E-state index contributed by atoms with van der Waals surface area (Å²) in [5.74, 6) is 0.158. The minimum atomic E-state index is -0.595. The Morgan fingerprint density at radius 3 is 2.65 bits per heavy atom. The van der Waals surface area contributed by atoms with Crippen molar-refractivity contribution in [1.29, 1.82) is 0 Å². The Bertz CT molecular complexity index is 1090. The Labute approximate surface area is 146 Å². The van der Waals surface area contributed by atoms with Gasteiger partial charge in [-0.15, -0.1) is 10.2 Å². The quantitative estimate of drug-likeness (QED) is 0.746. The first-order valence-corrected chi connectivity index (χ1v) is 8.07. The third kappa shape index (κ3) is 2.79. The van der Waals surface area contributed by atoms with Gasteiger partial charge in [0.1, 0.15) is 11.5 Å². The predicted octanol–water partition coefficient (Wildman–Crippen LogP) is 1.94. The number of rotatable bonds is 4. The van der Waals surface area contributed by atoms with Crippen LogP contribution >= 0.6 is 0 Å². The van der Waals surface area contributed by atoms with E-state index in [4.69, 9.17) is 4.74 Å². The summed E-state index contributed by atoms with van der Waals surface area (Å²) in [4.78, 5) is 27.8. The summed E-state index contributed by atoms with van der Waals surface area (Å²) >= 11 is 0. The van der Waals surface area contributed by atoms with Crippen LogP contribution in [-0.4, -0.2) is 27.3 Å². The summed E-state index contributed by atoms with van der Waals surface area (Å²) in [6.07, 6.45) is 2.05. The standard InChI is InChI=1S/C18H15FN4O3/c1-26-17-12(11-6-10(11)9-4-2-3-5-14(9)19)7-15(22-23-17)13-8-20-18(25)21-16(13)24/h2-5,7-8,10-11H,6H2,1H3,(H2,20,21,24,25)/t10-,11+/m1/s1. The number of H-pyrrole nitrogens is 2. The van der Waals surface area contributed by atoms with E-state index in [-0.39, 0.29) is 23.2 Å². The van der Waals surface area contributed by atoms with Crippen LogP contribution in [0.1, 0.15) is 29.4 Å². The average Bonchev–Trinajstić information content (AvgIpc) is 3.42. The van der Waals surface area contributed by atoms with E-state index < -0.39 is 11.2 Å². The molecule has 2 N–H and O–H groups in total. The van der Waals surface area contributed by atoms with Gasteiger partial charge >= 0.3 is 5.69 Å². The molecule has 4 rings (SSSR count). The highest BCUT2D eigenvalue weighted by atomic mass is 19.1. The molecule has 0 aliphatic heterocycles. The number of hydrogen-bond acceptors (Lipinski definition) is 5. The van der Waals surface area contributed by atoms with Gasteiger partial charge in [0.2, 0.25) is 5.88 Å². The SMILES string of the molecule is COc1nnc(-c2c[nH]c(=O)[nH]c2=O)cc1[C@H]1C[C@@H]1c1ccccc1F. The highest BCUT2D eigenvalue weighted by Gasteiger charge is 2.43. The van der Waals surface area contributed by atoms with Gasteiger partial charge in [-0.05, 0) is 36.0 Å². The van der Waals surface area contributed by atoms with E-state index in [0.29, 0.717) is 17.1 Å². The van der Waals surface area contributed by atoms with Crippen LogP contribution < -0.4 is 16.0 Å². The molecule has 0 amide bonds. The van der Waals surface area contributed by atoms with Crippen molar-refractivity contribution >= 4 is 0 Å². The van der Waals surface area contributed by atoms with Crippen molar-refractivity contribution in [2.75, 3.05) is 7.11 Å². The molecule has 2 aromatic heterocycles. The second-order valence-corrected chi connectivity index (χ2v) is 6.15. The van der Waals surface area contributed by atoms with Crippen molar-refractivity contribution < 1.29 is 9.13 Å². The number of benzene rings is 1. The van der Waals surface area contributed by atoms with Crippen molar-refractivity contribution in [3.05, 3.63) is 74.3 Å². The molecule has 0 bridgehead atoms. The van der Waals surface area contributed by atoms with Gasteiger partial charge in [0, 0.05) is 11.8 Å². The third-order valence-corrected chi connectivity index (χ3v) is 4.57. The smallest absolute Gasteiger partial charge is 0.325 e. The summed E-state index contributed by atoms with van der Waals surface area (Å²) in [5, 5.41) is 8.04. The second kappa shape index (κ2) is 6.21. The van der Waals surface area contributed by atoms with E-state index in [9.17, 15) is 14.0 Å². The topological polar surface area (TPSA) is 101 Å². The molecule has 1 aromatic carbocycles. The largest absolute Gasteiger partial charge is 0.480 e. The van der Waals surface area contributed by atoms with Crippen molar-refractivity contribution in [2.24, 2.45) is 0 Å². The summed E-state index contributed by atoms with van der Waals surface area (Å²) in [7, 11) is 1.49. The lowest BCUT2D eigenvalue weighted by Crippen LogP contribution is -2.23. The molecule has 0 unspecified atom stereocenters. The maximum atomic E-state index is 14.0. The van der Waals surface area contributed by atoms with Crippen molar-refractivity contribution in [3.8, 4) is 17.1 Å². The van der Waals surface area contributed by atoms with E-state index in [0.717, 1.165) is 12.0 Å². The van der Waals surface area contributed by atoms with E-state index in [1.54, 1.807) is 24.3 Å². The Morgan fingerprint density at radius 1 is 1.15 bits per heavy atom. The third-order valence-electron chi connectivity index (χ3n) is 4.57. The van der Waals surface area contributed by atoms with Crippen LogP contribution in [0.5, 0.6) is 5.88 Å². The molecule has 3 aromatic rings. The minimum Gasteiger partial charge on any atom is -0.480 e. The Morgan fingerprint density at radius 2 is 1.92 bits per heavy atom. The number of aromatic nitrogens is 4. The van der Waals surface area contributed by atoms with E-state index >= 15 is 0 Å². The van der Waals surface area contributed by atoms with Crippen molar-refractivity contribution in [3.63, 3.8) is 0 Å². The van der Waals surface area contributed by atoms with Gasteiger partial charge in [0.15, 0.2) is 0 Å². The molecular weight excluding hydrogens is 339 g/mol. The fourth-order valence-electron chi connectivity index (χ4n) is 3.21. The molecule has 1 aliphatic carbocycles. The molecule has 2 atom stereocenters. The zero-order chi connectivity index (χ0) is 18.3. The zero-order valence-corrected chi connectivity index (χ0v) is 13.8. The zero-order valence-electron chi connectivity index (χ0n) is 13.8. The summed E-state index contributed by atoms with van der Waals surface area (Å²) in [6.45, 7) is 0. The maximum absolute atomic E-state index is 14.0. The number of nitrogens with zero attached hydrogens (tertiary/aromatic N) is 2. The number of halogens is 1. The predicted molar refractivity (Wildman–Crippen MR) is 91.8 cm³/mol. The monoisotopic (exact) mass is 354 g/mol. The van der Waals surface area contributed by atoms with Crippen molar-refractivity contribution in [2.45, 2.75) is 18.3 Å². The van der Waals surface area contributed by atoms with Gasteiger partial charge in [-0.3, -0.25) is 9.78 Å². The van der Waals surface area contributed by atoms with E-state index in [1.165, 1.54) is 19.4 Å². The van der Waals surface area contributed by atoms with Gasteiger partial charge in [0.05, 0.1) is 12.7 Å². The number of aromatic amines is 2. The van der Waals surface area contributed by atoms with Crippen LogP contribution in [0.15, 0.2) is 46.1 Å². The van der Waals surface area contributed by atoms with Gasteiger partial charge in [-0.2, -0.15) is 0 Å². The summed E-state index contributed by atoms with van der Waals surface area (Å²) < 4.78 is 19.3. The molecule has 0 saturated heterocycles. The van der Waals surface area contributed by atoms with E-state index in [1.807, 2.05) is 0 Å². The first-order chi connectivity index (χ1) is 12.6. The van der Waals surface area contributed by atoms with E-state index in [2.05, 4.69) is 20.2 Å². The van der Waals surface area contributed by atoms with Crippen LogP contribution in [0.25, 0.3) is 11.3 Å². The summed E-state index contributed by atoms with van der Waals surface area (Å²) in [6, 6.07) is 8.39. The molecule has 0 radical (unpaired) electrons. The summed E-state index contributed by atoms with van der Waals surface area (Å²) in [5.41, 5.74) is 0.778. The maximum Gasteiger partial charge on any atom is 0.325 e. The lowest BCUT2D eigenvalue weighted by molar-refractivity contribution is 0.386. The first-order valence-electron chi connectivity index (χ1n) is 8.07. The molecule has 0 spiro atoms. The highest BCUT2D eigenvalue weighted by molar-refractivity contribution is 5.59. The lowest BCUT2D eigenvalue weighted by atomic mass is 10.0. The first kappa shape index (κ1) is 16.2. The molecule has 26 heavy (non-hydrogen) atoms. The van der Waals surface area contributed by atoms with Crippen LogP contribution in [0.3, 0.4) is 0 Å².